The van der Waals surface area contributed by atoms with Crippen LogP contribution in [-0.4, -0.2) is 72.5 Å². The lowest BCUT2D eigenvalue weighted by molar-refractivity contribution is -0.121. The summed E-state index contributed by atoms with van der Waals surface area (Å²) in [6.07, 6.45) is 1.38. The molecule has 8 heteroatoms. The third-order valence-corrected chi connectivity index (χ3v) is 6.98. The Balaban J connectivity index is 1.53. The number of amides is 3. The van der Waals surface area contributed by atoms with Crippen molar-refractivity contribution in [2.75, 3.05) is 61.0 Å². The van der Waals surface area contributed by atoms with Crippen LogP contribution in [0.4, 0.5) is 16.2 Å². The second-order valence-electron chi connectivity index (χ2n) is 7.47. The Labute approximate surface area is 182 Å². The number of benzene rings is 1. The molecule has 29 heavy (non-hydrogen) atoms. The van der Waals surface area contributed by atoms with Gasteiger partial charge in [-0.15, -0.1) is 0 Å². The van der Waals surface area contributed by atoms with Gasteiger partial charge < -0.3 is 20.0 Å². The van der Waals surface area contributed by atoms with Crippen LogP contribution in [0.25, 0.3) is 0 Å². The number of urea groups is 1. The Bertz CT molecular complexity index is 715. The number of carbonyl (C=O) groups excluding carboxylic acids is 2. The van der Waals surface area contributed by atoms with Gasteiger partial charge in [-0.1, -0.05) is 11.6 Å². The Hall–Kier alpha value is -1.60. The summed E-state index contributed by atoms with van der Waals surface area (Å²) in [5.41, 5.74) is 1.77. The van der Waals surface area contributed by atoms with E-state index >= 15 is 0 Å². The molecule has 3 rings (SSSR count). The first-order valence-electron chi connectivity index (χ1n) is 10.5. The van der Waals surface area contributed by atoms with Crippen molar-refractivity contribution < 1.29 is 9.59 Å². The number of piperidine rings is 1. The molecule has 0 saturated carbocycles. The largest absolute Gasteiger partial charge is 0.369 e. The van der Waals surface area contributed by atoms with Crippen LogP contribution in [0.1, 0.15) is 26.7 Å². The van der Waals surface area contributed by atoms with Crippen LogP contribution >= 0.6 is 23.4 Å². The standard InChI is InChI=1S/C21H31ClN4O2S/c1-3-24(4-2)21(28)26-9-7-16(8-10-26)20(27)23-17-5-6-19(18(22)15-17)25-11-13-29-14-12-25/h5-6,15-16H,3-4,7-14H2,1-2H3,(H,23,27). The molecular formula is C21H31ClN4O2S. The van der Waals surface area contributed by atoms with E-state index in [-0.39, 0.29) is 17.9 Å². The summed E-state index contributed by atoms with van der Waals surface area (Å²) in [6, 6.07) is 5.85. The molecule has 1 aromatic rings. The first kappa shape index (κ1) is 22.1. The average Bonchev–Trinajstić information content (AvgIpc) is 2.75. The topological polar surface area (TPSA) is 55.9 Å². The third kappa shape index (κ3) is 5.51. The van der Waals surface area contributed by atoms with E-state index in [1.165, 1.54) is 0 Å². The van der Waals surface area contributed by atoms with Gasteiger partial charge in [0, 0.05) is 62.4 Å². The fraction of sp³-hybridized carbons (Fsp3) is 0.619. The van der Waals surface area contributed by atoms with Crippen molar-refractivity contribution in [2.45, 2.75) is 26.7 Å². The zero-order chi connectivity index (χ0) is 20.8. The first-order chi connectivity index (χ1) is 14.0. The summed E-state index contributed by atoms with van der Waals surface area (Å²) in [4.78, 5) is 31.1. The number of thioether (sulfide) groups is 1. The van der Waals surface area contributed by atoms with Crippen molar-refractivity contribution in [3.63, 3.8) is 0 Å². The van der Waals surface area contributed by atoms with Gasteiger partial charge in [0.05, 0.1) is 10.7 Å². The third-order valence-electron chi connectivity index (χ3n) is 5.74. The smallest absolute Gasteiger partial charge is 0.319 e. The number of likely N-dealkylation sites (tertiary alicyclic amines) is 1. The molecule has 2 fully saturated rings. The molecule has 2 heterocycles. The fourth-order valence-corrected chi connectivity index (χ4v) is 5.12. The summed E-state index contributed by atoms with van der Waals surface area (Å²) in [5, 5.41) is 3.69. The molecule has 6 nitrogen and oxygen atoms in total. The highest BCUT2D eigenvalue weighted by Crippen LogP contribution is 2.31. The molecule has 0 radical (unpaired) electrons. The zero-order valence-corrected chi connectivity index (χ0v) is 18.9. The van der Waals surface area contributed by atoms with E-state index in [1.807, 2.05) is 53.6 Å². The molecule has 3 amide bonds. The molecule has 2 saturated heterocycles. The molecular weight excluding hydrogens is 408 g/mol. The predicted molar refractivity (Wildman–Crippen MR) is 122 cm³/mol. The second-order valence-corrected chi connectivity index (χ2v) is 9.10. The van der Waals surface area contributed by atoms with Gasteiger partial charge >= 0.3 is 6.03 Å². The van der Waals surface area contributed by atoms with Crippen molar-refractivity contribution >= 4 is 46.7 Å². The highest BCUT2D eigenvalue weighted by Gasteiger charge is 2.29. The lowest BCUT2D eigenvalue weighted by Gasteiger charge is -2.34. The summed E-state index contributed by atoms with van der Waals surface area (Å²) < 4.78 is 0. The van der Waals surface area contributed by atoms with Crippen molar-refractivity contribution in [3.8, 4) is 0 Å². The SMILES string of the molecule is CCN(CC)C(=O)N1CCC(C(=O)Nc2ccc(N3CCSCC3)c(Cl)c2)CC1. The molecule has 0 atom stereocenters. The van der Waals surface area contributed by atoms with Crippen molar-refractivity contribution in [2.24, 2.45) is 5.92 Å². The van der Waals surface area contributed by atoms with Crippen molar-refractivity contribution in [1.82, 2.24) is 9.80 Å². The van der Waals surface area contributed by atoms with E-state index < -0.39 is 0 Å². The predicted octanol–water partition coefficient (Wildman–Crippen LogP) is 4.01. The van der Waals surface area contributed by atoms with Gasteiger partial charge in [0.25, 0.3) is 0 Å². The van der Waals surface area contributed by atoms with Crippen molar-refractivity contribution in [3.05, 3.63) is 23.2 Å². The molecule has 160 valence electrons. The van der Waals surface area contributed by atoms with Crippen LogP contribution in [0.5, 0.6) is 0 Å². The zero-order valence-electron chi connectivity index (χ0n) is 17.3. The van der Waals surface area contributed by atoms with Gasteiger partial charge in [0.15, 0.2) is 0 Å². The number of rotatable bonds is 5. The second kappa shape index (κ2) is 10.4. The molecule has 1 N–H and O–H groups in total. The summed E-state index contributed by atoms with van der Waals surface area (Å²) in [6.45, 7) is 8.65. The van der Waals surface area contributed by atoms with Gasteiger partial charge in [0.2, 0.25) is 5.91 Å². The molecule has 0 aromatic heterocycles. The molecule has 0 aliphatic carbocycles. The number of hydrogen-bond donors (Lipinski definition) is 1. The van der Waals surface area contributed by atoms with Crippen LogP contribution in [0.2, 0.25) is 5.02 Å². The van der Waals surface area contributed by atoms with Crippen LogP contribution in [0, 0.1) is 5.92 Å². The summed E-state index contributed by atoms with van der Waals surface area (Å²) in [5.74, 6) is 2.17. The minimum absolute atomic E-state index is 0.0122. The minimum Gasteiger partial charge on any atom is -0.369 e. The van der Waals surface area contributed by atoms with Gasteiger partial charge in [-0.25, -0.2) is 4.79 Å². The van der Waals surface area contributed by atoms with Gasteiger partial charge in [0.1, 0.15) is 0 Å². The van der Waals surface area contributed by atoms with Gasteiger partial charge in [-0.2, -0.15) is 11.8 Å². The van der Waals surface area contributed by atoms with E-state index in [9.17, 15) is 9.59 Å². The maximum absolute atomic E-state index is 12.7. The maximum Gasteiger partial charge on any atom is 0.319 e. The first-order valence-corrected chi connectivity index (χ1v) is 12.0. The molecule has 0 spiro atoms. The molecule has 0 bridgehead atoms. The van der Waals surface area contributed by atoms with Crippen molar-refractivity contribution in [1.29, 1.82) is 0 Å². The Kier molecular flexibility index (Phi) is 7.95. The van der Waals surface area contributed by atoms with E-state index in [1.54, 1.807) is 0 Å². The van der Waals surface area contributed by atoms with E-state index in [0.29, 0.717) is 44.0 Å². The number of carbonyl (C=O) groups is 2. The summed E-state index contributed by atoms with van der Waals surface area (Å²) >= 11 is 8.46. The lowest BCUT2D eigenvalue weighted by Crippen LogP contribution is -2.47. The highest BCUT2D eigenvalue weighted by atomic mass is 35.5. The molecule has 2 aliphatic heterocycles. The molecule has 1 aromatic carbocycles. The van der Waals surface area contributed by atoms with Crippen LogP contribution in [0.15, 0.2) is 18.2 Å². The summed E-state index contributed by atoms with van der Waals surface area (Å²) in [7, 11) is 0. The van der Waals surface area contributed by atoms with Crippen LogP contribution in [-0.2, 0) is 4.79 Å². The molecule has 2 aliphatic rings. The molecule has 0 unspecified atom stereocenters. The van der Waals surface area contributed by atoms with E-state index in [0.717, 1.165) is 36.0 Å². The highest BCUT2D eigenvalue weighted by molar-refractivity contribution is 7.99. The van der Waals surface area contributed by atoms with E-state index in [2.05, 4.69) is 10.2 Å². The monoisotopic (exact) mass is 438 g/mol. The maximum atomic E-state index is 12.7. The number of anilines is 2. The Morgan fingerprint density at radius 3 is 2.38 bits per heavy atom. The minimum atomic E-state index is -0.0756. The number of hydrogen-bond acceptors (Lipinski definition) is 4. The number of nitrogens with zero attached hydrogens (tertiary/aromatic N) is 3. The van der Waals surface area contributed by atoms with E-state index in [4.69, 9.17) is 11.6 Å². The average molecular weight is 439 g/mol. The van der Waals surface area contributed by atoms with Crippen LogP contribution < -0.4 is 10.2 Å². The fourth-order valence-electron chi connectivity index (χ4n) is 3.92. The number of halogens is 1. The van der Waals surface area contributed by atoms with Crippen LogP contribution in [0.3, 0.4) is 0 Å². The lowest BCUT2D eigenvalue weighted by atomic mass is 9.96. The van der Waals surface area contributed by atoms with Gasteiger partial charge in [-0.05, 0) is 44.9 Å². The quantitative estimate of drug-likeness (QED) is 0.754. The number of nitrogens with one attached hydrogen (secondary N) is 1. The Morgan fingerprint density at radius 2 is 1.79 bits per heavy atom. The van der Waals surface area contributed by atoms with Gasteiger partial charge in [-0.3, -0.25) is 4.79 Å². The normalized spacial score (nSPS) is 17.9. The Morgan fingerprint density at radius 1 is 1.14 bits per heavy atom.